The molecule has 0 unspecified atom stereocenters. The number of rotatable bonds is 8. The topological polar surface area (TPSA) is 28.5 Å². The fourth-order valence-electron chi connectivity index (χ4n) is 6.44. The third-order valence-electron chi connectivity index (χ3n) is 8.66. The van der Waals surface area contributed by atoms with Gasteiger partial charge in [-0.3, -0.25) is 9.69 Å². The molecule has 208 valence electrons. The van der Waals surface area contributed by atoms with Crippen LogP contribution in [0.5, 0.6) is 0 Å². The molecule has 1 amide bonds. The van der Waals surface area contributed by atoms with E-state index in [4.69, 9.17) is 0 Å². The number of aryl methyl sites for hydroxylation is 2. The largest absolute Gasteiger partial charge is 0.347 e. The van der Waals surface area contributed by atoms with Crippen molar-refractivity contribution in [3.63, 3.8) is 0 Å². The number of hydrogen-bond donors (Lipinski definition) is 0. The van der Waals surface area contributed by atoms with Crippen LogP contribution in [0.4, 0.5) is 0 Å². The van der Waals surface area contributed by atoms with Gasteiger partial charge in [0.2, 0.25) is 5.91 Å². The number of hydrogen-bond acceptors (Lipinski definition) is 2. The van der Waals surface area contributed by atoms with Gasteiger partial charge in [-0.2, -0.15) is 0 Å². The standard InChI is InChI=1S/C37H39N3O/c1-3-38-27-34(32-16-10-11-17-35(32)38)33(29-20-18-28(2)19-21-29)26-36(41)39-22-24-40(25-23-39)37(30-12-6-4-7-13-30)31-14-8-5-9-15-31/h4-21,27,33,37H,3,22-26H2,1-2H3/t33-/m1/s1. The molecule has 2 heterocycles. The number of aromatic nitrogens is 1. The Kier molecular flexibility index (Phi) is 8.02. The maximum Gasteiger partial charge on any atom is 0.223 e. The zero-order chi connectivity index (χ0) is 28.2. The van der Waals surface area contributed by atoms with Crippen LogP contribution in [0.3, 0.4) is 0 Å². The van der Waals surface area contributed by atoms with E-state index in [1.54, 1.807) is 0 Å². The van der Waals surface area contributed by atoms with Gasteiger partial charge in [-0.25, -0.2) is 0 Å². The molecule has 5 aromatic rings. The Balaban J connectivity index is 1.23. The fraction of sp³-hybridized carbons (Fsp3) is 0.270. The molecule has 1 fully saturated rings. The van der Waals surface area contributed by atoms with Crippen molar-refractivity contribution in [2.24, 2.45) is 0 Å². The van der Waals surface area contributed by atoms with E-state index in [1.165, 1.54) is 38.7 Å². The van der Waals surface area contributed by atoms with Crippen LogP contribution in [0, 0.1) is 6.92 Å². The Hall–Kier alpha value is -4.15. The number of carbonyl (C=O) groups excluding carboxylic acids is 1. The minimum Gasteiger partial charge on any atom is -0.347 e. The van der Waals surface area contributed by atoms with Gasteiger partial charge in [-0.1, -0.05) is 109 Å². The summed E-state index contributed by atoms with van der Waals surface area (Å²) in [4.78, 5) is 18.6. The van der Waals surface area contributed by atoms with Gasteiger partial charge in [-0.15, -0.1) is 0 Å². The molecule has 41 heavy (non-hydrogen) atoms. The van der Waals surface area contributed by atoms with E-state index in [0.29, 0.717) is 6.42 Å². The van der Waals surface area contributed by atoms with Gasteiger partial charge in [0.15, 0.2) is 0 Å². The Morgan fingerprint density at radius 1 is 0.707 bits per heavy atom. The molecule has 1 saturated heterocycles. The monoisotopic (exact) mass is 541 g/mol. The first-order valence-corrected chi connectivity index (χ1v) is 14.9. The predicted octanol–water partition coefficient (Wildman–Crippen LogP) is 7.43. The van der Waals surface area contributed by atoms with E-state index in [2.05, 4.69) is 144 Å². The molecule has 4 nitrogen and oxygen atoms in total. The molecule has 0 bridgehead atoms. The van der Waals surface area contributed by atoms with E-state index in [0.717, 1.165) is 32.7 Å². The first-order chi connectivity index (χ1) is 20.1. The van der Waals surface area contributed by atoms with Gasteiger partial charge in [0, 0.05) is 62.2 Å². The van der Waals surface area contributed by atoms with Crippen LogP contribution in [0.15, 0.2) is 115 Å². The van der Waals surface area contributed by atoms with E-state index in [9.17, 15) is 4.79 Å². The Morgan fingerprint density at radius 3 is 1.90 bits per heavy atom. The van der Waals surface area contributed by atoms with Crippen molar-refractivity contribution >= 4 is 16.8 Å². The summed E-state index contributed by atoms with van der Waals surface area (Å²) in [7, 11) is 0. The summed E-state index contributed by atoms with van der Waals surface area (Å²) in [6.07, 6.45) is 2.74. The molecule has 1 aliphatic rings. The molecule has 0 spiro atoms. The van der Waals surface area contributed by atoms with E-state index >= 15 is 0 Å². The maximum atomic E-state index is 14.0. The van der Waals surface area contributed by atoms with E-state index in [-0.39, 0.29) is 17.9 Å². The van der Waals surface area contributed by atoms with Crippen molar-refractivity contribution in [1.29, 1.82) is 0 Å². The smallest absolute Gasteiger partial charge is 0.223 e. The lowest BCUT2D eigenvalue weighted by molar-refractivity contribution is -0.133. The summed E-state index contributed by atoms with van der Waals surface area (Å²) < 4.78 is 2.31. The van der Waals surface area contributed by atoms with Crippen LogP contribution >= 0.6 is 0 Å². The van der Waals surface area contributed by atoms with Crippen LogP contribution in [-0.4, -0.2) is 46.5 Å². The van der Waals surface area contributed by atoms with E-state index < -0.39 is 0 Å². The van der Waals surface area contributed by atoms with Crippen molar-refractivity contribution in [1.82, 2.24) is 14.4 Å². The molecule has 1 aliphatic heterocycles. The third kappa shape index (κ3) is 5.71. The van der Waals surface area contributed by atoms with Crippen molar-refractivity contribution in [2.75, 3.05) is 26.2 Å². The highest BCUT2D eigenvalue weighted by Crippen LogP contribution is 2.36. The number of nitrogens with zero attached hydrogens (tertiary/aromatic N) is 3. The zero-order valence-corrected chi connectivity index (χ0v) is 24.1. The van der Waals surface area contributed by atoms with Gasteiger partial charge >= 0.3 is 0 Å². The van der Waals surface area contributed by atoms with Crippen LogP contribution in [0.25, 0.3) is 10.9 Å². The van der Waals surface area contributed by atoms with Crippen LogP contribution in [0.1, 0.15) is 53.1 Å². The van der Waals surface area contributed by atoms with Crippen molar-refractivity contribution < 1.29 is 4.79 Å². The zero-order valence-electron chi connectivity index (χ0n) is 24.1. The fourth-order valence-corrected chi connectivity index (χ4v) is 6.44. The number of amides is 1. The minimum absolute atomic E-state index is 0.0141. The number of fused-ring (bicyclic) bond motifs is 1. The Labute approximate surface area is 243 Å². The second-order valence-electron chi connectivity index (χ2n) is 11.2. The molecular formula is C37H39N3O. The summed E-state index contributed by atoms with van der Waals surface area (Å²) in [5, 5.41) is 1.24. The molecule has 6 rings (SSSR count). The highest BCUT2D eigenvalue weighted by molar-refractivity contribution is 5.86. The molecule has 1 aromatic heterocycles. The summed E-state index contributed by atoms with van der Waals surface area (Å²) in [6.45, 7) is 8.39. The van der Waals surface area contributed by atoms with Gasteiger partial charge in [0.1, 0.15) is 0 Å². The first-order valence-electron chi connectivity index (χ1n) is 14.9. The molecule has 4 heteroatoms. The first kappa shape index (κ1) is 27.0. The normalized spacial score (nSPS) is 15.0. The Morgan fingerprint density at radius 2 is 1.29 bits per heavy atom. The molecular weight excluding hydrogens is 502 g/mol. The quantitative estimate of drug-likeness (QED) is 0.204. The number of piperazine rings is 1. The summed E-state index contributed by atoms with van der Waals surface area (Å²) >= 11 is 0. The Bertz CT molecular complexity index is 1540. The maximum absolute atomic E-state index is 14.0. The molecule has 4 aromatic carbocycles. The van der Waals surface area contributed by atoms with Gasteiger partial charge in [-0.05, 0) is 42.2 Å². The average molecular weight is 542 g/mol. The highest BCUT2D eigenvalue weighted by Gasteiger charge is 2.30. The number of carbonyl (C=O) groups is 1. The highest BCUT2D eigenvalue weighted by atomic mass is 16.2. The number of benzene rings is 4. The van der Waals surface area contributed by atoms with Crippen LogP contribution in [-0.2, 0) is 11.3 Å². The second kappa shape index (κ2) is 12.2. The van der Waals surface area contributed by atoms with Gasteiger partial charge in [0.25, 0.3) is 0 Å². The van der Waals surface area contributed by atoms with Crippen LogP contribution in [0.2, 0.25) is 0 Å². The molecule has 0 saturated carbocycles. The van der Waals surface area contributed by atoms with Crippen molar-refractivity contribution in [2.45, 2.75) is 38.8 Å². The average Bonchev–Trinajstić information content (AvgIpc) is 3.40. The number of para-hydroxylation sites is 1. The molecule has 0 N–H and O–H groups in total. The van der Waals surface area contributed by atoms with Gasteiger partial charge < -0.3 is 9.47 Å². The summed E-state index contributed by atoms with van der Waals surface area (Å²) in [5.74, 6) is 0.250. The second-order valence-corrected chi connectivity index (χ2v) is 11.2. The summed E-state index contributed by atoms with van der Waals surface area (Å²) in [5.41, 5.74) is 7.50. The van der Waals surface area contributed by atoms with Crippen LogP contribution < -0.4 is 0 Å². The van der Waals surface area contributed by atoms with Crippen molar-refractivity contribution in [3.05, 3.63) is 143 Å². The van der Waals surface area contributed by atoms with Gasteiger partial charge in [0.05, 0.1) is 6.04 Å². The molecule has 1 atom stereocenters. The van der Waals surface area contributed by atoms with E-state index in [1.807, 2.05) is 0 Å². The minimum atomic E-state index is 0.0141. The third-order valence-corrected chi connectivity index (χ3v) is 8.66. The lowest BCUT2D eigenvalue weighted by Crippen LogP contribution is -2.50. The lowest BCUT2D eigenvalue weighted by Gasteiger charge is -2.40. The SMILES string of the molecule is CCn1cc([C@H](CC(=O)N2CCN(C(c3ccccc3)c3ccccc3)CC2)c2ccc(C)cc2)c2ccccc21. The predicted molar refractivity (Wildman–Crippen MR) is 168 cm³/mol. The molecule has 0 aliphatic carbocycles. The lowest BCUT2D eigenvalue weighted by atomic mass is 9.87. The van der Waals surface area contributed by atoms with Crippen molar-refractivity contribution in [3.8, 4) is 0 Å². The molecule has 0 radical (unpaired) electrons. The summed E-state index contributed by atoms with van der Waals surface area (Å²) in [6, 6.07) is 39.0.